The summed E-state index contributed by atoms with van der Waals surface area (Å²) in [6.45, 7) is 16.8. The Morgan fingerprint density at radius 2 is 1.67 bits per heavy atom. The van der Waals surface area contributed by atoms with Crippen LogP contribution in [-0.4, -0.2) is 64.4 Å². The molecule has 0 aliphatic carbocycles. The van der Waals surface area contributed by atoms with Gasteiger partial charge in [-0.15, -0.1) is 0 Å². The number of rotatable bonds is 6. The standard InChI is InChI=1S/C8H18N2O.C4H11N.C2H6/c1-2-9-3-4-10-5-7-11-8-6-10;1-3-4-5-2;1-2/h9H,2-8H2,1H3;5H,3-4H2,1-2H3;1-2H3. The molecule has 112 valence electrons. The second kappa shape index (κ2) is 19.2. The van der Waals surface area contributed by atoms with Gasteiger partial charge in [-0.1, -0.05) is 27.7 Å². The Morgan fingerprint density at radius 3 is 2.06 bits per heavy atom. The molecule has 1 aliphatic heterocycles. The van der Waals surface area contributed by atoms with Crippen LogP contribution in [0.2, 0.25) is 0 Å². The van der Waals surface area contributed by atoms with Crippen LogP contribution in [0.5, 0.6) is 0 Å². The van der Waals surface area contributed by atoms with Crippen molar-refractivity contribution in [1.82, 2.24) is 15.5 Å². The van der Waals surface area contributed by atoms with Gasteiger partial charge in [0.25, 0.3) is 0 Å². The number of nitrogens with zero attached hydrogens (tertiary/aromatic N) is 1. The third-order valence-corrected chi connectivity index (χ3v) is 2.46. The molecule has 0 aromatic carbocycles. The molecule has 1 rings (SSSR count). The van der Waals surface area contributed by atoms with E-state index in [9.17, 15) is 0 Å². The summed E-state index contributed by atoms with van der Waals surface area (Å²) >= 11 is 0. The normalized spacial score (nSPS) is 15.2. The number of morpholine rings is 1. The summed E-state index contributed by atoms with van der Waals surface area (Å²) in [6.07, 6.45) is 1.23. The van der Waals surface area contributed by atoms with Gasteiger partial charge >= 0.3 is 0 Å². The van der Waals surface area contributed by atoms with E-state index in [1.807, 2.05) is 20.9 Å². The molecule has 1 fully saturated rings. The minimum Gasteiger partial charge on any atom is -0.379 e. The highest BCUT2D eigenvalue weighted by Crippen LogP contribution is 1.94. The van der Waals surface area contributed by atoms with Gasteiger partial charge in [0.15, 0.2) is 0 Å². The minimum atomic E-state index is 0.909. The van der Waals surface area contributed by atoms with Crippen LogP contribution in [0.3, 0.4) is 0 Å². The fourth-order valence-corrected chi connectivity index (χ4v) is 1.49. The number of ether oxygens (including phenoxy) is 1. The van der Waals surface area contributed by atoms with E-state index in [2.05, 4.69) is 29.4 Å². The Hall–Kier alpha value is -0.160. The van der Waals surface area contributed by atoms with Gasteiger partial charge in [0, 0.05) is 26.2 Å². The van der Waals surface area contributed by atoms with Gasteiger partial charge in [-0.2, -0.15) is 0 Å². The molecule has 4 nitrogen and oxygen atoms in total. The van der Waals surface area contributed by atoms with E-state index in [0.29, 0.717) is 0 Å². The van der Waals surface area contributed by atoms with E-state index in [1.165, 1.54) is 6.42 Å². The Labute approximate surface area is 114 Å². The molecule has 0 saturated carbocycles. The zero-order valence-electron chi connectivity index (χ0n) is 13.2. The van der Waals surface area contributed by atoms with E-state index >= 15 is 0 Å². The van der Waals surface area contributed by atoms with Crippen LogP contribution < -0.4 is 10.6 Å². The van der Waals surface area contributed by atoms with Crippen molar-refractivity contribution in [1.29, 1.82) is 0 Å². The summed E-state index contributed by atoms with van der Waals surface area (Å²) in [7, 11) is 1.96. The Kier molecular flexibility index (Phi) is 21.5. The molecule has 0 amide bonds. The van der Waals surface area contributed by atoms with Crippen molar-refractivity contribution >= 4 is 0 Å². The molecule has 1 saturated heterocycles. The molecule has 1 heterocycles. The van der Waals surface area contributed by atoms with Crippen molar-refractivity contribution in [3.63, 3.8) is 0 Å². The topological polar surface area (TPSA) is 36.5 Å². The third kappa shape index (κ3) is 15.8. The van der Waals surface area contributed by atoms with Crippen molar-refractivity contribution in [2.24, 2.45) is 0 Å². The molecule has 1 aliphatic rings. The smallest absolute Gasteiger partial charge is 0.0594 e. The van der Waals surface area contributed by atoms with Crippen LogP contribution in [0.15, 0.2) is 0 Å². The fourth-order valence-electron chi connectivity index (χ4n) is 1.49. The number of likely N-dealkylation sites (N-methyl/N-ethyl adjacent to an activating group) is 1. The Balaban J connectivity index is 0. The molecule has 0 atom stereocenters. The van der Waals surface area contributed by atoms with Gasteiger partial charge in [-0.25, -0.2) is 0 Å². The van der Waals surface area contributed by atoms with Crippen molar-refractivity contribution in [3.8, 4) is 0 Å². The lowest BCUT2D eigenvalue weighted by molar-refractivity contribution is 0.0385. The average Bonchev–Trinajstić information content (AvgIpc) is 2.44. The predicted molar refractivity (Wildman–Crippen MR) is 81.4 cm³/mol. The van der Waals surface area contributed by atoms with Gasteiger partial charge in [0.05, 0.1) is 13.2 Å². The highest BCUT2D eigenvalue weighted by Gasteiger charge is 2.08. The second-order valence-electron chi connectivity index (χ2n) is 3.91. The van der Waals surface area contributed by atoms with Crippen molar-refractivity contribution < 1.29 is 4.74 Å². The lowest BCUT2D eigenvalue weighted by Gasteiger charge is -2.26. The Morgan fingerprint density at radius 1 is 1.06 bits per heavy atom. The number of hydrogen-bond acceptors (Lipinski definition) is 4. The maximum absolute atomic E-state index is 5.24. The summed E-state index contributed by atoms with van der Waals surface area (Å²) < 4.78 is 5.24. The molecule has 0 bridgehead atoms. The van der Waals surface area contributed by atoms with Crippen LogP contribution in [0.4, 0.5) is 0 Å². The molecule has 4 heteroatoms. The fraction of sp³-hybridized carbons (Fsp3) is 1.00. The van der Waals surface area contributed by atoms with Gasteiger partial charge < -0.3 is 15.4 Å². The van der Waals surface area contributed by atoms with Gasteiger partial charge in [0.2, 0.25) is 0 Å². The van der Waals surface area contributed by atoms with E-state index < -0.39 is 0 Å². The first-order chi connectivity index (χ1) is 8.85. The summed E-state index contributed by atoms with van der Waals surface area (Å²) in [4.78, 5) is 2.44. The van der Waals surface area contributed by atoms with Crippen LogP contribution in [0.1, 0.15) is 34.1 Å². The SMILES string of the molecule is CC.CCCNC.CCNCCN1CCOCC1. The van der Waals surface area contributed by atoms with Crippen molar-refractivity contribution in [2.75, 3.05) is 59.5 Å². The monoisotopic (exact) mass is 261 g/mol. The number of nitrogens with one attached hydrogen (secondary N) is 2. The lowest BCUT2D eigenvalue weighted by atomic mass is 10.4. The largest absolute Gasteiger partial charge is 0.379 e. The molecule has 0 unspecified atom stereocenters. The first-order valence-electron chi connectivity index (χ1n) is 7.50. The van der Waals surface area contributed by atoms with E-state index in [4.69, 9.17) is 4.74 Å². The summed E-state index contributed by atoms with van der Waals surface area (Å²) in [6, 6.07) is 0. The molecular weight excluding hydrogens is 226 g/mol. The lowest BCUT2D eigenvalue weighted by Crippen LogP contribution is -2.40. The molecule has 0 aromatic rings. The first kappa shape index (κ1) is 20.2. The van der Waals surface area contributed by atoms with Crippen molar-refractivity contribution in [2.45, 2.75) is 34.1 Å². The highest BCUT2D eigenvalue weighted by molar-refractivity contribution is 4.62. The van der Waals surface area contributed by atoms with Crippen LogP contribution >= 0.6 is 0 Å². The molecule has 0 spiro atoms. The van der Waals surface area contributed by atoms with E-state index in [-0.39, 0.29) is 0 Å². The zero-order valence-corrected chi connectivity index (χ0v) is 13.2. The molecule has 18 heavy (non-hydrogen) atoms. The quantitative estimate of drug-likeness (QED) is 0.712. The summed E-state index contributed by atoms with van der Waals surface area (Å²) in [5.41, 5.74) is 0. The molecule has 0 radical (unpaired) electrons. The van der Waals surface area contributed by atoms with Gasteiger partial charge in [-0.05, 0) is 26.6 Å². The Bertz CT molecular complexity index is 126. The maximum atomic E-state index is 5.24. The second-order valence-corrected chi connectivity index (χ2v) is 3.91. The molecule has 0 aromatic heterocycles. The predicted octanol–water partition coefficient (Wildman–Crippen LogP) is 1.57. The third-order valence-electron chi connectivity index (χ3n) is 2.46. The first-order valence-corrected chi connectivity index (χ1v) is 7.50. The van der Waals surface area contributed by atoms with E-state index in [1.54, 1.807) is 0 Å². The average molecular weight is 261 g/mol. The van der Waals surface area contributed by atoms with Crippen LogP contribution in [0, 0.1) is 0 Å². The summed E-state index contributed by atoms with van der Waals surface area (Å²) in [5.74, 6) is 0. The van der Waals surface area contributed by atoms with E-state index in [0.717, 1.165) is 52.5 Å². The minimum absolute atomic E-state index is 0.909. The van der Waals surface area contributed by atoms with Crippen LogP contribution in [0.25, 0.3) is 0 Å². The van der Waals surface area contributed by atoms with Gasteiger partial charge in [0.1, 0.15) is 0 Å². The maximum Gasteiger partial charge on any atom is 0.0594 e. The number of hydrogen-bond donors (Lipinski definition) is 2. The van der Waals surface area contributed by atoms with Gasteiger partial charge in [-0.3, -0.25) is 4.90 Å². The highest BCUT2D eigenvalue weighted by atomic mass is 16.5. The molecule has 2 N–H and O–H groups in total. The molecular formula is C14H35N3O. The van der Waals surface area contributed by atoms with Crippen molar-refractivity contribution in [3.05, 3.63) is 0 Å². The van der Waals surface area contributed by atoms with Crippen LogP contribution in [-0.2, 0) is 4.74 Å². The zero-order chi connectivity index (χ0) is 14.1. The summed E-state index contributed by atoms with van der Waals surface area (Å²) in [5, 5.41) is 6.33.